The van der Waals surface area contributed by atoms with E-state index in [1.54, 1.807) is 36.2 Å². The first-order valence-corrected chi connectivity index (χ1v) is 5.82. The highest BCUT2D eigenvalue weighted by molar-refractivity contribution is 5.97. The highest BCUT2D eigenvalue weighted by Crippen LogP contribution is 2.29. The van der Waals surface area contributed by atoms with Crippen molar-refractivity contribution in [2.24, 2.45) is 0 Å². The van der Waals surface area contributed by atoms with Crippen molar-refractivity contribution in [3.63, 3.8) is 0 Å². The van der Waals surface area contributed by atoms with Crippen LogP contribution in [0.15, 0.2) is 42.5 Å². The van der Waals surface area contributed by atoms with E-state index in [1.165, 1.54) is 25.1 Å². The first-order chi connectivity index (χ1) is 8.99. The van der Waals surface area contributed by atoms with Crippen LogP contribution < -0.4 is 4.90 Å². The fourth-order valence-corrected chi connectivity index (χ4v) is 1.86. The minimum absolute atomic E-state index is 0.0757. The van der Waals surface area contributed by atoms with Crippen LogP contribution >= 0.6 is 0 Å². The van der Waals surface area contributed by atoms with Gasteiger partial charge < -0.3 is 10.0 Å². The number of benzene rings is 2. The summed E-state index contributed by atoms with van der Waals surface area (Å²) in [4.78, 5) is 13.0. The monoisotopic (exact) mass is 259 g/mol. The predicted octanol–water partition coefficient (Wildman–Crippen LogP) is 3.50. The Morgan fingerprint density at radius 1 is 1.16 bits per heavy atom. The molecule has 0 aliphatic heterocycles. The van der Waals surface area contributed by atoms with Crippen LogP contribution in [0.1, 0.15) is 17.3 Å². The van der Waals surface area contributed by atoms with Crippen molar-refractivity contribution in [2.45, 2.75) is 6.92 Å². The fourth-order valence-electron chi connectivity index (χ4n) is 1.86. The van der Waals surface area contributed by atoms with Crippen molar-refractivity contribution in [1.29, 1.82) is 0 Å². The van der Waals surface area contributed by atoms with E-state index in [9.17, 15) is 14.3 Å². The lowest BCUT2D eigenvalue weighted by Crippen LogP contribution is -2.09. The lowest BCUT2D eigenvalue weighted by Gasteiger charge is -2.20. The summed E-state index contributed by atoms with van der Waals surface area (Å²) in [5.74, 6) is -0.598. The third kappa shape index (κ3) is 2.73. The molecule has 2 rings (SSSR count). The van der Waals surface area contributed by atoms with Gasteiger partial charge in [0, 0.05) is 24.5 Å². The third-order valence-electron chi connectivity index (χ3n) is 2.94. The normalized spacial score (nSPS) is 10.3. The molecule has 0 spiro atoms. The van der Waals surface area contributed by atoms with Crippen LogP contribution in [0, 0.1) is 5.82 Å². The summed E-state index contributed by atoms with van der Waals surface area (Å²) in [5, 5.41) is 9.79. The van der Waals surface area contributed by atoms with Gasteiger partial charge in [0.15, 0.2) is 5.78 Å². The number of phenols is 1. The van der Waals surface area contributed by atoms with E-state index in [4.69, 9.17) is 0 Å². The second kappa shape index (κ2) is 5.10. The first kappa shape index (κ1) is 13.1. The van der Waals surface area contributed by atoms with E-state index >= 15 is 0 Å². The minimum atomic E-state index is -0.325. The number of nitrogens with zero attached hydrogens (tertiary/aromatic N) is 1. The maximum atomic E-state index is 13.2. The zero-order valence-corrected chi connectivity index (χ0v) is 10.7. The molecule has 0 aromatic heterocycles. The number of carbonyl (C=O) groups is 1. The lowest BCUT2D eigenvalue weighted by molar-refractivity contribution is 0.101. The van der Waals surface area contributed by atoms with Gasteiger partial charge in [0.05, 0.1) is 5.56 Å². The Balaban J connectivity index is 2.37. The summed E-state index contributed by atoms with van der Waals surface area (Å²) in [6, 6.07) is 10.9. The number of hydrogen-bond acceptors (Lipinski definition) is 3. The quantitative estimate of drug-likeness (QED) is 0.857. The molecule has 19 heavy (non-hydrogen) atoms. The molecule has 0 atom stereocenters. The maximum Gasteiger partial charge on any atom is 0.163 e. The number of anilines is 2. The fraction of sp³-hybridized carbons (Fsp3) is 0.133. The second-order valence-electron chi connectivity index (χ2n) is 4.30. The zero-order chi connectivity index (χ0) is 14.0. The van der Waals surface area contributed by atoms with Crippen LogP contribution in [0.4, 0.5) is 15.8 Å². The van der Waals surface area contributed by atoms with Gasteiger partial charge in [-0.15, -0.1) is 0 Å². The molecule has 0 saturated heterocycles. The lowest BCUT2D eigenvalue weighted by atomic mass is 10.1. The Labute approximate surface area is 110 Å². The molecule has 0 aliphatic carbocycles. The molecule has 0 bridgehead atoms. The number of halogens is 1. The maximum absolute atomic E-state index is 13.2. The number of carbonyl (C=O) groups excluding carboxylic acids is 1. The van der Waals surface area contributed by atoms with Crippen molar-refractivity contribution in [3.8, 4) is 5.75 Å². The molecule has 0 fully saturated rings. The van der Waals surface area contributed by atoms with Gasteiger partial charge in [-0.2, -0.15) is 0 Å². The number of rotatable bonds is 3. The number of ketones is 1. The Hall–Kier alpha value is -2.36. The molecule has 0 saturated carbocycles. The third-order valence-corrected chi connectivity index (χ3v) is 2.94. The Kier molecular flexibility index (Phi) is 3.51. The Morgan fingerprint density at radius 2 is 1.84 bits per heavy atom. The van der Waals surface area contributed by atoms with Crippen LogP contribution in [-0.4, -0.2) is 17.9 Å². The zero-order valence-electron chi connectivity index (χ0n) is 10.7. The number of Topliss-reactive ketones (excluding diaryl/α,β-unsaturated/α-hetero) is 1. The van der Waals surface area contributed by atoms with E-state index in [0.29, 0.717) is 11.4 Å². The topological polar surface area (TPSA) is 40.5 Å². The summed E-state index contributed by atoms with van der Waals surface area (Å²) < 4.78 is 13.2. The van der Waals surface area contributed by atoms with Crippen molar-refractivity contribution in [1.82, 2.24) is 0 Å². The smallest absolute Gasteiger partial charge is 0.163 e. The molecule has 0 unspecified atom stereocenters. The average molecular weight is 259 g/mol. The van der Waals surface area contributed by atoms with Gasteiger partial charge in [0.25, 0.3) is 0 Å². The second-order valence-corrected chi connectivity index (χ2v) is 4.30. The largest absolute Gasteiger partial charge is 0.507 e. The van der Waals surface area contributed by atoms with Gasteiger partial charge in [-0.25, -0.2) is 4.39 Å². The van der Waals surface area contributed by atoms with E-state index in [-0.39, 0.29) is 22.9 Å². The Morgan fingerprint density at radius 3 is 2.42 bits per heavy atom. The number of hydrogen-bond donors (Lipinski definition) is 1. The standard InChI is InChI=1S/C15H14FNO2/c1-10(18)14-7-6-13(9-15(14)19)17(2)12-5-3-4-11(16)8-12/h3-9,19H,1-2H3. The molecule has 3 nitrogen and oxygen atoms in total. The van der Waals surface area contributed by atoms with Gasteiger partial charge in [-0.3, -0.25) is 4.79 Å². The van der Waals surface area contributed by atoms with Crippen molar-refractivity contribution in [3.05, 3.63) is 53.8 Å². The molecule has 2 aromatic carbocycles. The molecule has 1 N–H and O–H groups in total. The van der Waals surface area contributed by atoms with Gasteiger partial charge in [-0.05, 0) is 37.3 Å². The van der Waals surface area contributed by atoms with E-state index in [1.807, 2.05) is 0 Å². The number of phenolic OH excluding ortho intramolecular Hbond substituents is 1. The van der Waals surface area contributed by atoms with Crippen molar-refractivity contribution < 1.29 is 14.3 Å². The summed E-state index contributed by atoms with van der Waals surface area (Å²) in [7, 11) is 1.76. The van der Waals surface area contributed by atoms with E-state index < -0.39 is 0 Å². The molecular formula is C15H14FNO2. The molecule has 0 heterocycles. The van der Waals surface area contributed by atoms with Crippen LogP contribution in [-0.2, 0) is 0 Å². The molecule has 0 radical (unpaired) electrons. The molecule has 98 valence electrons. The summed E-state index contributed by atoms with van der Waals surface area (Å²) in [6.07, 6.45) is 0. The molecular weight excluding hydrogens is 245 g/mol. The average Bonchev–Trinajstić information content (AvgIpc) is 2.37. The van der Waals surface area contributed by atoms with Gasteiger partial charge in [0.1, 0.15) is 11.6 Å². The molecule has 4 heteroatoms. The van der Waals surface area contributed by atoms with Crippen molar-refractivity contribution >= 4 is 17.2 Å². The van der Waals surface area contributed by atoms with Crippen LogP contribution in [0.5, 0.6) is 5.75 Å². The predicted molar refractivity (Wildman–Crippen MR) is 72.6 cm³/mol. The van der Waals surface area contributed by atoms with Crippen LogP contribution in [0.25, 0.3) is 0 Å². The minimum Gasteiger partial charge on any atom is -0.507 e. The van der Waals surface area contributed by atoms with E-state index in [0.717, 1.165) is 0 Å². The highest BCUT2D eigenvalue weighted by Gasteiger charge is 2.10. The highest BCUT2D eigenvalue weighted by atomic mass is 19.1. The number of aromatic hydroxyl groups is 1. The summed E-state index contributed by atoms with van der Waals surface area (Å²) in [5.41, 5.74) is 1.61. The van der Waals surface area contributed by atoms with Crippen LogP contribution in [0.2, 0.25) is 0 Å². The first-order valence-electron chi connectivity index (χ1n) is 5.82. The van der Waals surface area contributed by atoms with Gasteiger partial charge >= 0.3 is 0 Å². The Bertz CT molecular complexity index is 625. The molecule has 2 aromatic rings. The SMILES string of the molecule is CC(=O)c1ccc(N(C)c2cccc(F)c2)cc1O. The van der Waals surface area contributed by atoms with E-state index in [2.05, 4.69) is 0 Å². The van der Waals surface area contributed by atoms with Crippen LogP contribution in [0.3, 0.4) is 0 Å². The summed E-state index contributed by atoms with van der Waals surface area (Å²) in [6.45, 7) is 1.39. The molecule has 0 amide bonds. The summed E-state index contributed by atoms with van der Waals surface area (Å²) >= 11 is 0. The van der Waals surface area contributed by atoms with Gasteiger partial charge in [0.2, 0.25) is 0 Å². The molecule has 0 aliphatic rings. The van der Waals surface area contributed by atoms with Gasteiger partial charge in [-0.1, -0.05) is 6.07 Å². The van der Waals surface area contributed by atoms with Crippen molar-refractivity contribution in [2.75, 3.05) is 11.9 Å².